The molecule has 286 valence electrons. The number of pyridine rings is 1. The topological polar surface area (TPSA) is 44.5 Å². The highest BCUT2D eigenvalue weighted by Crippen LogP contribution is 2.62. The van der Waals surface area contributed by atoms with E-state index in [9.17, 15) is 5.11 Å². The number of allylic oxidation sites excluding steroid dienone is 4. The summed E-state index contributed by atoms with van der Waals surface area (Å²) >= 11 is 0. The van der Waals surface area contributed by atoms with Crippen molar-refractivity contribution < 1.29 is 5.11 Å². The molecule has 1 spiro atoms. The molecule has 0 amide bonds. The molecular formula is C48H68N4O. The molecule has 53 heavy (non-hydrogen) atoms. The zero-order chi connectivity index (χ0) is 36.1. The van der Waals surface area contributed by atoms with E-state index in [1.807, 2.05) is 0 Å². The highest BCUT2D eigenvalue weighted by molar-refractivity contribution is 6.10. The fourth-order valence-electron chi connectivity index (χ4n) is 11.8. The van der Waals surface area contributed by atoms with Crippen molar-refractivity contribution in [2.45, 2.75) is 160 Å². The average molecular weight is 717 g/mol. The number of unbranched alkanes of at least 4 members (excludes halogenated alkanes) is 9. The van der Waals surface area contributed by atoms with Gasteiger partial charge in [-0.3, -0.25) is 9.88 Å². The smallest absolute Gasteiger partial charge is 0.0998 e. The number of rotatable bonds is 12. The average Bonchev–Trinajstić information content (AvgIpc) is 3.64. The van der Waals surface area contributed by atoms with Crippen molar-refractivity contribution in [1.29, 1.82) is 0 Å². The van der Waals surface area contributed by atoms with Crippen LogP contribution < -0.4 is 0 Å². The Hall–Kier alpha value is -2.73. The van der Waals surface area contributed by atoms with Gasteiger partial charge in [-0.05, 0) is 120 Å². The van der Waals surface area contributed by atoms with E-state index in [0.29, 0.717) is 12.0 Å². The predicted octanol–water partition coefficient (Wildman–Crippen LogP) is 11.3. The lowest BCUT2D eigenvalue weighted by molar-refractivity contribution is -0.0894. The van der Waals surface area contributed by atoms with E-state index < -0.39 is 5.60 Å². The molecule has 0 radical (unpaired) electrons. The Bertz CT molecular complexity index is 1770. The second-order valence-electron chi connectivity index (χ2n) is 17.7. The molecule has 2 fully saturated rings. The third-order valence-electron chi connectivity index (χ3n) is 14.1. The van der Waals surface area contributed by atoms with Crippen molar-refractivity contribution in [3.05, 3.63) is 72.6 Å². The second-order valence-corrected chi connectivity index (χ2v) is 17.7. The quantitative estimate of drug-likeness (QED) is 0.150. The van der Waals surface area contributed by atoms with Gasteiger partial charge in [0.25, 0.3) is 0 Å². The fraction of sp³-hybridized carbons (Fsp3) is 0.646. The van der Waals surface area contributed by atoms with Gasteiger partial charge < -0.3 is 14.6 Å². The molecule has 5 aliphatic rings. The lowest BCUT2D eigenvalue weighted by Crippen LogP contribution is -2.65. The summed E-state index contributed by atoms with van der Waals surface area (Å²) in [5.74, 6) is 0.383. The maximum absolute atomic E-state index is 13.4. The van der Waals surface area contributed by atoms with Crippen molar-refractivity contribution in [3.63, 3.8) is 0 Å². The van der Waals surface area contributed by atoms with Crippen LogP contribution in [0.5, 0.6) is 0 Å². The Kier molecular flexibility index (Phi) is 11.9. The van der Waals surface area contributed by atoms with Gasteiger partial charge in [-0.1, -0.05) is 107 Å². The SMILES string of the molecule is CCCCCCCCCCCCn1c2ccccc2c2ccnc(C3=C[C@@]4(O)CC/C=C\CCCCN5CCC3[C@]3(C[C@@H]6/C=C\CCCCN6[C@H]34)C5)c21. The van der Waals surface area contributed by atoms with Crippen molar-refractivity contribution in [2.75, 3.05) is 26.2 Å². The maximum Gasteiger partial charge on any atom is 0.0998 e. The van der Waals surface area contributed by atoms with Crippen LogP contribution in [0.2, 0.25) is 0 Å². The Morgan fingerprint density at radius 3 is 2.40 bits per heavy atom. The van der Waals surface area contributed by atoms with Crippen molar-refractivity contribution in [3.8, 4) is 0 Å². The standard InChI is InChI=1S/C48H68N4O/c1-2-3-4-5-6-7-8-10-15-23-33-52-43-26-19-18-25-39(43)40-27-30-49-44(45(40)52)41-36-48(53)29-20-13-9-11-14-21-31-50-34-28-42(41)47(37-50)35-38-24-17-12-16-22-32-51(38)46(47)48/h9,13,17-19,24-27,30,36,38,42,46,53H,2-8,10-12,14-16,20-23,28-29,31-35,37H2,1H3/b13-9-,24-17-/t38-,42?,46+,47-,48-/m0/s1. The van der Waals surface area contributed by atoms with E-state index in [4.69, 9.17) is 4.98 Å². The maximum atomic E-state index is 13.4. The van der Waals surface area contributed by atoms with Crippen molar-refractivity contribution >= 4 is 27.4 Å². The zero-order valence-electron chi connectivity index (χ0n) is 33.0. The number of aryl methyl sites for hydroxylation is 1. The van der Waals surface area contributed by atoms with Gasteiger partial charge in [0, 0.05) is 47.0 Å². The lowest BCUT2D eigenvalue weighted by atomic mass is 9.54. The summed E-state index contributed by atoms with van der Waals surface area (Å²) in [5, 5.41) is 16.1. The molecule has 2 aromatic heterocycles. The third-order valence-corrected chi connectivity index (χ3v) is 14.1. The molecular weight excluding hydrogens is 649 g/mol. The first-order valence-corrected chi connectivity index (χ1v) is 22.2. The number of fused-ring (bicyclic) bond motifs is 5. The van der Waals surface area contributed by atoms with Crippen LogP contribution in [0, 0.1) is 11.3 Å². The van der Waals surface area contributed by atoms with Crippen LogP contribution in [0.1, 0.15) is 141 Å². The number of para-hydroxylation sites is 1. The molecule has 1 aliphatic carbocycles. The normalized spacial score (nSPS) is 31.8. The molecule has 0 saturated carbocycles. The van der Waals surface area contributed by atoms with E-state index >= 15 is 0 Å². The first-order chi connectivity index (χ1) is 26.1. The number of nitrogens with zero attached hydrogens (tertiary/aromatic N) is 4. The van der Waals surface area contributed by atoms with E-state index in [0.717, 1.165) is 64.0 Å². The molecule has 6 atom stereocenters. The van der Waals surface area contributed by atoms with E-state index in [2.05, 4.69) is 88.2 Å². The van der Waals surface area contributed by atoms with Crippen molar-refractivity contribution in [1.82, 2.24) is 19.4 Å². The molecule has 3 aromatic rings. The van der Waals surface area contributed by atoms with Gasteiger partial charge >= 0.3 is 0 Å². The number of hydrogen-bond acceptors (Lipinski definition) is 4. The molecule has 3 bridgehead atoms. The first kappa shape index (κ1) is 37.2. The number of piperidine rings is 1. The van der Waals surface area contributed by atoms with Crippen LogP contribution in [0.3, 0.4) is 0 Å². The Balaban J connectivity index is 1.18. The van der Waals surface area contributed by atoms with Gasteiger partial charge in [0.05, 0.1) is 22.9 Å². The largest absolute Gasteiger partial charge is 0.384 e. The van der Waals surface area contributed by atoms with E-state index in [1.165, 1.54) is 130 Å². The van der Waals surface area contributed by atoms with Gasteiger partial charge in [-0.2, -0.15) is 0 Å². The van der Waals surface area contributed by atoms with E-state index in [-0.39, 0.29) is 11.5 Å². The van der Waals surface area contributed by atoms with Gasteiger partial charge in [0.1, 0.15) is 0 Å². The second kappa shape index (κ2) is 17.0. The van der Waals surface area contributed by atoms with E-state index in [1.54, 1.807) is 0 Å². The monoisotopic (exact) mass is 717 g/mol. The summed E-state index contributed by atoms with van der Waals surface area (Å²) in [5.41, 5.74) is 4.21. The molecule has 5 heteroatoms. The van der Waals surface area contributed by atoms with Gasteiger partial charge in [0.15, 0.2) is 0 Å². The number of benzene rings is 1. The van der Waals surface area contributed by atoms with Crippen LogP contribution in [0.25, 0.3) is 27.4 Å². The van der Waals surface area contributed by atoms with Gasteiger partial charge in [-0.25, -0.2) is 0 Å². The molecule has 6 heterocycles. The molecule has 5 nitrogen and oxygen atoms in total. The lowest BCUT2D eigenvalue weighted by Gasteiger charge is -2.58. The minimum absolute atomic E-state index is 0.00850. The molecule has 4 aliphatic heterocycles. The summed E-state index contributed by atoms with van der Waals surface area (Å²) < 4.78 is 2.63. The molecule has 2 unspecified atom stereocenters. The minimum Gasteiger partial charge on any atom is -0.384 e. The van der Waals surface area contributed by atoms with Crippen LogP contribution >= 0.6 is 0 Å². The number of aromatic nitrogens is 2. The Morgan fingerprint density at radius 1 is 0.792 bits per heavy atom. The van der Waals surface area contributed by atoms with Crippen LogP contribution in [-0.2, 0) is 6.54 Å². The minimum atomic E-state index is -0.910. The van der Waals surface area contributed by atoms with Crippen molar-refractivity contribution in [2.24, 2.45) is 11.3 Å². The summed E-state index contributed by atoms with van der Waals surface area (Å²) in [4.78, 5) is 11.0. The molecule has 2 saturated heterocycles. The highest BCUT2D eigenvalue weighted by Gasteiger charge is 2.65. The summed E-state index contributed by atoms with van der Waals surface area (Å²) in [7, 11) is 0. The summed E-state index contributed by atoms with van der Waals surface area (Å²) in [6.07, 6.45) is 39.0. The fourth-order valence-corrected chi connectivity index (χ4v) is 11.8. The Morgan fingerprint density at radius 2 is 1.55 bits per heavy atom. The molecule has 8 rings (SSSR count). The van der Waals surface area contributed by atoms with Gasteiger partial charge in [-0.15, -0.1) is 0 Å². The first-order valence-electron chi connectivity index (χ1n) is 22.2. The van der Waals surface area contributed by atoms with Crippen LogP contribution in [0.4, 0.5) is 0 Å². The Labute approximate surface area is 320 Å². The zero-order valence-corrected chi connectivity index (χ0v) is 33.0. The predicted molar refractivity (Wildman–Crippen MR) is 223 cm³/mol. The van der Waals surface area contributed by atoms with Crippen LogP contribution in [-0.4, -0.2) is 68.3 Å². The third kappa shape index (κ3) is 7.49. The number of hydrogen-bond donors (Lipinski definition) is 1. The summed E-state index contributed by atoms with van der Waals surface area (Å²) in [6.45, 7) is 7.83. The summed E-state index contributed by atoms with van der Waals surface area (Å²) in [6, 6.07) is 11.9. The van der Waals surface area contributed by atoms with Crippen LogP contribution in [0.15, 0.2) is 66.9 Å². The number of aliphatic hydroxyl groups is 1. The van der Waals surface area contributed by atoms with Gasteiger partial charge in [0.2, 0.25) is 0 Å². The molecule has 1 N–H and O–H groups in total. The highest BCUT2D eigenvalue weighted by atomic mass is 16.3. The molecule has 1 aromatic carbocycles.